The van der Waals surface area contributed by atoms with Crippen molar-refractivity contribution in [3.05, 3.63) is 29.3 Å². The first kappa shape index (κ1) is 14.4. The van der Waals surface area contributed by atoms with Crippen molar-refractivity contribution < 1.29 is 0 Å². The van der Waals surface area contributed by atoms with Gasteiger partial charge in [0.2, 0.25) is 0 Å². The van der Waals surface area contributed by atoms with Gasteiger partial charge in [-0.25, -0.2) is 0 Å². The number of rotatable bonds is 6. The summed E-state index contributed by atoms with van der Waals surface area (Å²) in [6.07, 6.45) is 4.82. The minimum Gasteiger partial charge on any atom is -0.371 e. The molecule has 0 saturated heterocycles. The normalized spacial score (nSPS) is 18.2. The Bertz CT molecular complexity index is 423. The lowest BCUT2D eigenvalue weighted by Crippen LogP contribution is -2.31. The highest BCUT2D eigenvalue weighted by Gasteiger charge is 2.30. The SMILES string of the molecule is CCC(N)Cc1ccc(N(C)C(C)C2CC2)c(C)c1. The van der Waals surface area contributed by atoms with E-state index in [4.69, 9.17) is 5.73 Å². The monoisotopic (exact) mass is 260 g/mol. The zero-order valence-electron chi connectivity index (χ0n) is 12.8. The Kier molecular flexibility index (Phi) is 4.51. The van der Waals surface area contributed by atoms with E-state index in [1.807, 2.05) is 0 Å². The van der Waals surface area contributed by atoms with Gasteiger partial charge in [0.05, 0.1) is 0 Å². The molecule has 0 aromatic heterocycles. The van der Waals surface area contributed by atoms with Gasteiger partial charge in [-0.05, 0) is 62.6 Å². The van der Waals surface area contributed by atoms with Crippen LogP contribution in [-0.2, 0) is 6.42 Å². The van der Waals surface area contributed by atoms with E-state index < -0.39 is 0 Å². The van der Waals surface area contributed by atoms with Gasteiger partial charge in [0, 0.05) is 24.8 Å². The molecule has 1 fully saturated rings. The van der Waals surface area contributed by atoms with Crippen molar-refractivity contribution in [1.29, 1.82) is 0 Å². The molecule has 0 aliphatic heterocycles. The molecule has 1 saturated carbocycles. The number of nitrogens with two attached hydrogens (primary N) is 1. The molecule has 1 aromatic rings. The third kappa shape index (κ3) is 3.50. The smallest absolute Gasteiger partial charge is 0.0396 e. The third-order valence-corrected chi connectivity index (χ3v) is 4.58. The maximum atomic E-state index is 6.04. The van der Waals surface area contributed by atoms with Crippen LogP contribution in [0, 0.1) is 12.8 Å². The van der Waals surface area contributed by atoms with E-state index in [9.17, 15) is 0 Å². The zero-order valence-corrected chi connectivity index (χ0v) is 12.8. The average molecular weight is 260 g/mol. The molecule has 1 aliphatic rings. The second-order valence-corrected chi connectivity index (χ2v) is 6.18. The molecule has 19 heavy (non-hydrogen) atoms. The highest BCUT2D eigenvalue weighted by atomic mass is 15.1. The van der Waals surface area contributed by atoms with Gasteiger partial charge in [-0.3, -0.25) is 0 Å². The second kappa shape index (κ2) is 5.96. The van der Waals surface area contributed by atoms with Crippen LogP contribution in [0.2, 0.25) is 0 Å². The number of benzene rings is 1. The van der Waals surface area contributed by atoms with Gasteiger partial charge in [-0.15, -0.1) is 0 Å². The molecule has 0 spiro atoms. The van der Waals surface area contributed by atoms with E-state index in [0.29, 0.717) is 6.04 Å². The van der Waals surface area contributed by atoms with E-state index >= 15 is 0 Å². The molecule has 0 radical (unpaired) electrons. The fourth-order valence-corrected chi connectivity index (χ4v) is 2.80. The van der Waals surface area contributed by atoms with Crippen molar-refractivity contribution in [2.45, 2.75) is 58.5 Å². The van der Waals surface area contributed by atoms with Crippen LogP contribution in [-0.4, -0.2) is 19.1 Å². The lowest BCUT2D eigenvalue weighted by Gasteiger charge is -2.29. The summed E-state index contributed by atoms with van der Waals surface area (Å²) in [5, 5.41) is 0. The predicted molar refractivity (Wildman–Crippen MR) is 83.7 cm³/mol. The molecule has 2 rings (SSSR count). The van der Waals surface area contributed by atoms with Crippen LogP contribution >= 0.6 is 0 Å². The first-order valence-corrected chi connectivity index (χ1v) is 7.60. The predicted octanol–water partition coefficient (Wildman–Crippen LogP) is 3.51. The number of anilines is 1. The van der Waals surface area contributed by atoms with E-state index in [2.05, 4.69) is 50.9 Å². The Morgan fingerprint density at radius 3 is 2.58 bits per heavy atom. The van der Waals surface area contributed by atoms with Crippen molar-refractivity contribution in [2.24, 2.45) is 11.7 Å². The van der Waals surface area contributed by atoms with Gasteiger partial charge in [0.15, 0.2) is 0 Å². The minimum atomic E-state index is 0.286. The van der Waals surface area contributed by atoms with Crippen molar-refractivity contribution >= 4 is 5.69 Å². The summed E-state index contributed by atoms with van der Waals surface area (Å²) in [6.45, 7) is 6.71. The van der Waals surface area contributed by atoms with E-state index in [1.54, 1.807) is 0 Å². The molecular weight excluding hydrogens is 232 g/mol. The number of hydrogen-bond acceptors (Lipinski definition) is 2. The molecule has 2 atom stereocenters. The third-order valence-electron chi connectivity index (χ3n) is 4.58. The zero-order chi connectivity index (χ0) is 14.0. The summed E-state index contributed by atoms with van der Waals surface area (Å²) in [6, 6.07) is 7.76. The largest absolute Gasteiger partial charge is 0.371 e. The van der Waals surface area contributed by atoms with Crippen molar-refractivity contribution in [1.82, 2.24) is 0 Å². The van der Waals surface area contributed by atoms with Crippen LogP contribution in [0.5, 0.6) is 0 Å². The second-order valence-electron chi connectivity index (χ2n) is 6.18. The van der Waals surface area contributed by atoms with E-state index in [-0.39, 0.29) is 6.04 Å². The Morgan fingerprint density at radius 1 is 1.37 bits per heavy atom. The van der Waals surface area contributed by atoms with Crippen molar-refractivity contribution in [3.8, 4) is 0 Å². The summed E-state index contributed by atoms with van der Waals surface area (Å²) in [5.41, 5.74) is 10.1. The van der Waals surface area contributed by atoms with Gasteiger partial charge in [0.25, 0.3) is 0 Å². The Balaban J connectivity index is 2.09. The number of hydrogen-bond donors (Lipinski definition) is 1. The molecule has 2 heteroatoms. The molecule has 2 N–H and O–H groups in total. The van der Waals surface area contributed by atoms with Gasteiger partial charge >= 0.3 is 0 Å². The van der Waals surface area contributed by atoms with Crippen LogP contribution < -0.4 is 10.6 Å². The summed E-state index contributed by atoms with van der Waals surface area (Å²) >= 11 is 0. The molecule has 0 amide bonds. The minimum absolute atomic E-state index is 0.286. The Labute approximate surface area is 118 Å². The maximum absolute atomic E-state index is 6.04. The van der Waals surface area contributed by atoms with Crippen molar-refractivity contribution in [3.63, 3.8) is 0 Å². The number of aryl methyl sites for hydroxylation is 1. The summed E-state index contributed by atoms with van der Waals surface area (Å²) in [7, 11) is 2.22. The van der Waals surface area contributed by atoms with Crippen LogP contribution in [0.1, 0.15) is 44.2 Å². The van der Waals surface area contributed by atoms with Gasteiger partial charge in [-0.1, -0.05) is 19.1 Å². The molecule has 2 nitrogen and oxygen atoms in total. The average Bonchev–Trinajstić information content (AvgIpc) is 3.21. The number of nitrogens with zero attached hydrogens (tertiary/aromatic N) is 1. The molecule has 1 aliphatic carbocycles. The van der Waals surface area contributed by atoms with E-state index in [1.165, 1.54) is 29.7 Å². The van der Waals surface area contributed by atoms with Gasteiger partial charge in [0.1, 0.15) is 0 Å². The Hall–Kier alpha value is -1.02. The topological polar surface area (TPSA) is 29.3 Å². The summed E-state index contributed by atoms with van der Waals surface area (Å²) in [5.74, 6) is 0.901. The quantitative estimate of drug-likeness (QED) is 0.848. The van der Waals surface area contributed by atoms with Crippen LogP contribution in [0.3, 0.4) is 0 Å². The first-order valence-electron chi connectivity index (χ1n) is 7.60. The molecule has 2 unspecified atom stereocenters. The van der Waals surface area contributed by atoms with Crippen LogP contribution in [0.15, 0.2) is 18.2 Å². The standard InChI is InChI=1S/C17H28N2/c1-5-16(18)11-14-6-9-17(12(2)10-14)19(4)13(3)15-7-8-15/h6,9-10,13,15-16H,5,7-8,11,18H2,1-4H3. The highest BCUT2D eigenvalue weighted by molar-refractivity contribution is 5.55. The lowest BCUT2D eigenvalue weighted by atomic mass is 10.0. The maximum Gasteiger partial charge on any atom is 0.0396 e. The molecule has 1 aromatic carbocycles. The molecule has 106 valence electrons. The molecule has 0 heterocycles. The van der Waals surface area contributed by atoms with Crippen LogP contribution in [0.4, 0.5) is 5.69 Å². The van der Waals surface area contributed by atoms with Crippen LogP contribution in [0.25, 0.3) is 0 Å². The van der Waals surface area contributed by atoms with Gasteiger partial charge in [-0.2, -0.15) is 0 Å². The van der Waals surface area contributed by atoms with Gasteiger partial charge < -0.3 is 10.6 Å². The highest BCUT2D eigenvalue weighted by Crippen LogP contribution is 2.37. The Morgan fingerprint density at radius 2 is 2.05 bits per heavy atom. The molecule has 0 bridgehead atoms. The fraction of sp³-hybridized carbons (Fsp3) is 0.647. The van der Waals surface area contributed by atoms with E-state index in [0.717, 1.165) is 18.8 Å². The fourth-order valence-electron chi connectivity index (χ4n) is 2.80. The summed E-state index contributed by atoms with van der Waals surface area (Å²) in [4.78, 5) is 2.44. The summed E-state index contributed by atoms with van der Waals surface area (Å²) < 4.78 is 0. The lowest BCUT2D eigenvalue weighted by molar-refractivity contribution is 0.608. The molecular formula is C17H28N2. The van der Waals surface area contributed by atoms with Crippen molar-refractivity contribution in [2.75, 3.05) is 11.9 Å². The first-order chi connectivity index (χ1) is 9.02.